The second kappa shape index (κ2) is 7.32. The van der Waals surface area contributed by atoms with E-state index in [0.717, 1.165) is 25.2 Å². The maximum atomic E-state index is 5.83. The zero-order chi connectivity index (χ0) is 11.8. The highest BCUT2D eigenvalue weighted by Crippen LogP contribution is 2.22. The summed E-state index contributed by atoms with van der Waals surface area (Å²) < 4.78 is 5.83. The van der Waals surface area contributed by atoms with Gasteiger partial charge in [-0.1, -0.05) is 44.4 Å². The summed E-state index contributed by atoms with van der Waals surface area (Å²) >= 11 is 0. The van der Waals surface area contributed by atoms with Crippen LogP contribution in [0, 0.1) is 6.92 Å². The lowest BCUT2D eigenvalue weighted by Crippen LogP contribution is -2.00. The molecule has 0 heterocycles. The van der Waals surface area contributed by atoms with Crippen LogP contribution in [0.3, 0.4) is 0 Å². The van der Waals surface area contributed by atoms with Gasteiger partial charge >= 0.3 is 0 Å². The minimum atomic E-state index is 0.846. The molecule has 1 nitrogen and oxygen atoms in total. The second-order valence-corrected chi connectivity index (χ2v) is 4.42. The maximum absolute atomic E-state index is 5.83. The Kier molecular flexibility index (Phi) is 5.99. The van der Waals surface area contributed by atoms with Crippen molar-refractivity contribution < 1.29 is 4.74 Å². The Morgan fingerprint density at radius 3 is 2.50 bits per heavy atom. The summed E-state index contributed by atoms with van der Waals surface area (Å²) in [6, 6.07) is 6.52. The maximum Gasteiger partial charge on any atom is 0.122 e. The van der Waals surface area contributed by atoms with Crippen LogP contribution in [0.1, 0.15) is 50.7 Å². The summed E-state index contributed by atoms with van der Waals surface area (Å²) in [5, 5.41) is 0. The number of rotatable bonds is 7. The van der Waals surface area contributed by atoms with Crippen molar-refractivity contribution in [2.24, 2.45) is 0 Å². The first-order valence-corrected chi connectivity index (χ1v) is 6.50. The molecule has 90 valence electrons. The predicted octanol–water partition coefficient (Wildman–Crippen LogP) is 4.52. The van der Waals surface area contributed by atoms with Gasteiger partial charge in [-0.25, -0.2) is 0 Å². The Hall–Kier alpha value is -0.980. The van der Waals surface area contributed by atoms with Gasteiger partial charge in [0.1, 0.15) is 5.75 Å². The van der Waals surface area contributed by atoms with Gasteiger partial charge in [0, 0.05) is 0 Å². The highest BCUT2D eigenvalue weighted by molar-refractivity contribution is 5.37. The molecular weight excluding hydrogens is 196 g/mol. The lowest BCUT2D eigenvalue weighted by atomic mass is 10.0. The number of hydrogen-bond acceptors (Lipinski definition) is 1. The summed E-state index contributed by atoms with van der Waals surface area (Å²) in [4.78, 5) is 0. The van der Waals surface area contributed by atoms with Crippen LogP contribution in [0.25, 0.3) is 0 Å². The molecule has 0 saturated carbocycles. The molecule has 0 bridgehead atoms. The van der Waals surface area contributed by atoms with Gasteiger partial charge in [0.2, 0.25) is 0 Å². The highest BCUT2D eigenvalue weighted by atomic mass is 16.5. The molecule has 0 saturated heterocycles. The highest BCUT2D eigenvalue weighted by Gasteiger charge is 2.03. The van der Waals surface area contributed by atoms with Crippen LogP contribution in [0.15, 0.2) is 18.2 Å². The van der Waals surface area contributed by atoms with Crippen LogP contribution >= 0.6 is 0 Å². The molecule has 0 aliphatic rings. The van der Waals surface area contributed by atoms with Crippen LogP contribution in [0.2, 0.25) is 0 Å². The van der Waals surface area contributed by atoms with E-state index in [1.807, 2.05) is 0 Å². The first-order chi connectivity index (χ1) is 7.77. The van der Waals surface area contributed by atoms with Crippen molar-refractivity contribution in [3.8, 4) is 5.75 Å². The summed E-state index contributed by atoms with van der Waals surface area (Å²) in [5.74, 6) is 1.09. The molecule has 0 aliphatic heterocycles. The van der Waals surface area contributed by atoms with Gasteiger partial charge in [0.25, 0.3) is 0 Å². The molecule has 0 N–H and O–H groups in total. The van der Waals surface area contributed by atoms with Crippen LogP contribution in [0.4, 0.5) is 0 Å². The number of benzene rings is 1. The molecule has 1 aromatic rings. The van der Waals surface area contributed by atoms with Crippen LogP contribution in [0.5, 0.6) is 5.75 Å². The van der Waals surface area contributed by atoms with Gasteiger partial charge in [-0.3, -0.25) is 0 Å². The molecule has 0 fully saturated rings. The Labute approximate surface area is 99.8 Å². The lowest BCUT2D eigenvalue weighted by Gasteiger charge is -2.11. The molecule has 1 aromatic carbocycles. The molecule has 0 aromatic heterocycles. The molecule has 0 atom stereocenters. The van der Waals surface area contributed by atoms with Crippen molar-refractivity contribution in [3.05, 3.63) is 29.3 Å². The van der Waals surface area contributed by atoms with Crippen molar-refractivity contribution in [1.29, 1.82) is 0 Å². The fraction of sp³-hybridized carbons (Fsp3) is 0.600. The van der Waals surface area contributed by atoms with Crippen molar-refractivity contribution in [2.45, 2.75) is 52.9 Å². The standard InChI is InChI=1S/C15H24O/c1-4-6-8-14-12-13(3)9-10-15(14)16-11-7-5-2/h9-10,12H,4-8,11H2,1-3H3. The van der Waals surface area contributed by atoms with E-state index < -0.39 is 0 Å². The number of unbranched alkanes of at least 4 members (excludes halogenated alkanes) is 2. The molecular formula is C15H24O. The SMILES string of the molecule is CCCCOc1ccc(C)cc1CCCC. The first kappa shape index (κ1) is 13.1. The van der Waals surface area contributed by atoms with E-state index in [2.05, 4.69) is 39.0 Å². The average Bonchev–Trinajstić information content (AvgIpc) is 2.29. The van der Waals surface area contributed by atoms with E-state index in [0.29, 0.717) is 0 Å². The summed E-state index contributed by atoms with van der Waals surface area (Å²) in [6.07, 6.45) is 5.95. The molecule has 1 heteroatoms. The summed E-state index contributed by atoms with van der Waals surface area (Å²) in [5.41, 5.74) is 2.70. The largest absolute Gasteiger partial charge is 0.493 e. The van der Waals surface area contributed by atoms with E-state index in [-0.39, 0.29) is 0 Å². The number of aryl methyl sites for hydroxylation is 2. The minimum absolute atomic E-state index is 0.846. The van der Waals surface area contributed by atoms with Gasteiger partial charge in [-0.05, 0) is 37.8 Å². The van der Waals surface area contributed by atoms with Crippen LogP contribution < -0.4 is 4.74 Å². The van der Waals surface area contributed by atoms with Crippen molar-refractivity contribution in [1.82, 2.24) is 0 Å². The lowest BCUT2D eigenvalue weighted by molar-refractivity contribution is 0.306. The van der Waals surface area contributed by atoms with Gasteiger partial charge in [-0.2, -0.15) is 0 Å². The van der Waals surface area contributed by atoms with Crippen molar-refractivity contribution in [3.63, 3.8) is 0 Å². The zero-order valence-electron chi connectivity index (χ0n) is 10.9. The van der Waals surface area contributed by atoms with E-state index in [1.54, 1.807) is 0 Å². The van der Waals surface area contributed by atoms with E-state index >= 15 is 0 Å². The molecule has 16 heavy (non-hydrogen) atoms. The monoisotopic (exact) mass is 220 g/mol. The zero-order valence-corrected chi connectivity index (χ0v) is 10.9. The van der Waals surface area contributed by atoms with E-state index in [1.165, 1.54) is 30.4 Å². The Balaban J connectivity index is 2.64. The molecule has 0 unspecified atom stereocenters. The Morgan fingerprint density at radius 2 is 1.81 bits per heavy atom. The quantitative estimate of drug-likeness (QED) is 0.614. The first-order valence-electron chi connectivity index (χ1n) is 6.50. The van der Waals surface area contributed by atoms with Gasteiger partial charge in [0.15, 0.2) is 0 Å². The van der Waals surface area contributed by atoms with Crippen molar-refractivity contribution >= 4 is 0 Å². The van der Waals surface area contributed by atoms with Crippen LogP contribution in [-0.2, 0) is 6.42 Å². The average molecular weight is 220 g/mol. The second-order valence-electron chi connectivity index (χ2n) is 4.42. The number of hydrogen-bond donors (Lipinski definition) is 0. The van der Waals surface area contributed by atoms with Crippen LogP contribution in [-0.4, -0.2) is 6.61 Å². The molecule has 1 rings (SSSR count). The van der Waals surface area contributed by atoms with Gasteiger partial charge < -0.3 is 4.74 Å². The van der Waals surface area contributed by atoms with Crippen molar-refractivity contribution in [2.75, 3.05) is 6.61 Å². The fourth-order valence-corrected chi connectivity index (χ4v) is 1.74. The summed E-state index contributed by atoms with van der Waals surface area (Å²) in [7, 11) is 0. The summed E-state index contributed by atoms with van der Waals surface area (Å²) in [6.45, 7) is 7.41. The predicted molar refractivity (Wildman–Crippen MR) is 70.2 cm³/mol. The van der Waals surface area contributed by atoms with E-state index in [4.69, 9.17) is 4.74 Å². The van der Waals surface area contributed by atoms with Gasteiger partial charge in [0.05, 0.1) is 6.61 Å². The Bertz CT molecular complexity index is 304. The molecule has 0 radical (unpaired) electrons. The molecule has 0 spiro atoms. The molecule has 0 aliphatic carbocycles. The third-order valence-corrected chi connectivity index (χ3v) is 2.77. The molecule has 0 amide bonds. The fourth-order valence-electron chi connectivity index (χ4n) is 1.74. The normalized spacial score (nSPS) is 10.4. The van der Waals surface area contributed by atoms with Gasteiger partial charge in [-0.15, -0.1) is 0 Å². The number of ether oxygens (including phenoxy) is 1. The van der Waals surface area contributed by atoms with E-state index in [9.17, 15) is 0 Å². The topological polar surface area (TPSA) is 9.23 Å². The minimum Gasteiger partial charge on any atom is -0.493 e. The Morgan fingerprint density at radius 1 is 1.06 bits per heavy atom. The third kappa shape index (κ3) is 4.26. The smallest absolute Gasteiger partial charge is 0.122 e. The third-order valence-electron chi connectivity index (χ3n) is 2.77.